The predicted molar refractivity (Wildman–Crippen MR) is 132 cm³/mol. The van der Waals surface area contributed by atoms with Crippen LogP contribution in [-0.4, -0.2) is 42.0 Å². The number of carbonyl (C=O) groups is 1. The average molecular weight is 464 g/mol. The van der Waals surface area contributed by atoms with Gasteiger partial charge in [-0.1, -0.05) is 61.1 Å². The van der Waals surface area contributed by atoms with Gasteiger partial charge in [0, 0.05) is 24.2 Å². The van der Waals surface area contributed by atoms with E-state index < -0.39 is 0 Å². The van der Waals surface area contributed by atoms with Crippen LogP contribution >= 0.6 is 35.3 Å². The summed E-state index contributed by atoms with van der Waals surface area (Å²) < 4.78 is 1.09. The predicted octanol–water partition coefficient (Wildman–Crippen LogP) is 6.07. The summed E-state index contributed by atoms with van der Waals surface area (Å²) in [6.07, 6.45) is 3.35. The SMILES string of the molecule is CCN(CC)CCN(C(=O)C=Cc1ccccc1Cl)c1nc2ccc(C)cc2s1.Cl. The maximum Gasteiger partial charge on any atom is 0.252 e. The molecule has 0 saturated heterocycles. The van der Waals surface area contributed by atoms with Crippen molar-refractivity contribution in [3.8, 4) is 0 Å². The molecule has 0 N–H and O–H groups in total. The molecular formula is C23H27Cl2N3OS. The highest BCUT2D eigenvalue weighted by atomic mass is 35.5. The molecule has 3 rings (SSSR count). The summed E-state index contributed by atoms with van der Waals surface area (Å²) in [6.45, 7) is 9.62. The molecule has 0 aliphatic rings. The van der Waals surface area contributed by atoms with Gasteiger partial charge in [-0.15, -0.1) is 12.4 Å². The Kier molecular flexibility index (Phi) is 9.31. The fourth-order valence-electron chi connectivity index (χ4n) is 3.08. The van der Waals surface area contributed by atoms with Crippen LogP contribution in [0.2, 0.25) is 5.02 Å². The van der Waals surface area contributed by atoms with Crippen molar-refractivity contribution in [1.29, 1.82) is 0 Å². The second-order valence-electron chi connectivity index (χ2n) is 6.84. The van der Waals surface area contributed by atoms with Gasteiger partial charge in [-0.25, -0.2) is 4.98 Å². The van der Waals surface area contributed by atoms with Gasteiger partial charge in [-0.05, 0) is 55.4 Å². The molecule has 0 aliphatic carbocycles. The van der Waals surface area contributed by atoms with Crippen molar-refractivity contribution in [3.05, 3.63) is 64.7 Å². The third-order valence-electron chi connectivity index (χ3n) is 4.87. The van der Waals surface area contributed by atoms with E-state index in [9.17, 15) is 4.79 Å². The highest BCUT2D eigenvalue weighted by Gasteiger charge is 2.19. The molecule has 1 amide bonds. The molecule has 0 radical (unpaired) electrons. The van der Waals surface area contributed by atoms with Gasteiger partial charge in [0.1, 0.15) is 0 Å². The molecule has 0 atom stereocenters. The largest absolute Gasteiger partial charge is 0.302 e. The van der Waals surface area contributed by atoms with Crippen LogP contribution in [0.3, 0.4) is 0 Å². The summed E-state index contributed by atoms with van der Waals surface area (Å²) >= 11 is 7.77. The Morgan fingerprint density at radius 1 is 1.13 bits per heavy atom. The van der Waals surface area contributed by atoms with Gasteiger partial charge in [-0.3, -0.25) is 9.69 Å². The number of aromatic nitrogens is 1. The summed E-state index contributed by atoms with van der Waals surface area (Å²) in [7, 11) is 0. The van der Waals surface area contributed by atoms with Gasteiger partial charge in [0.25, 0.3) is 5.91 Å². The molecule has 0 aliphatic heterocycles. The van der Waals surface area contributed by atoms with Crippen LogP contribution in [0.25, 0.3) is 16.3 Å². The van der Waals surface area contributed by atoms with E-state index in [1.807, 2.05) is 36.4 Å². The molecule has 7 heteroatoms. The van der Waals surface area contributed by atoms with Crippen molar-refractivity contribution >= 4 is 62.7 Å². The lowest BCUT2D eigenvalue weighted by molar-refractivity contribution is -0.114. The first-order chi connectivity index (χ1) is 14.0. The van der Waals surface area contributed by atoms with Gasteiger partial charge in [0.2, 0.25) is 0 Å². The zero-order valence-corrected chi connectivity index (χ0v) is 19.9. The Balaban J connectivity index is 0.00000320. The molecule has 160 valence electrons. The van der Waals surface area contributed by atoms with Crippen molar-refractivity contribution in [1.82, 2.24) is 9.88 Å². The molecule has 1 aromatic heterocycles. The smallest absolute Gasteiger partial charge is 0.252 e. The lowest BCUT2D eigenvalue weighted by Gasteiger charge is -2.23. The van der Waals surface area contributed by atoms with Gasteiger partial charge < -0.3 is 4.90 Å². The number of rotatable bonds is 8. The Labute approximate surface area is 193 Å². The number of fused-ring (bicyclic) bond motifs is 1. The molecular weight excluding hydrogens is 437 g/mol. The molecule has 0 spiro atoms. The molecule has 0 saturated carbocycles. The Bertz CT molecular complexity index is 1010. The van der Waals surface area contributed by atoms with Crippen molar-refractivity contribution in [2.45, 2.75) is 20.8 Å². The lowest BCUT2D eigenvalue weighted by atomic mass is 10.2. The number of nitrogens with zero attached hydrogens (tertiary/aromatic N) is 3. The maximum atomic E-state index is 13.1. The number of hydrogen-bond donors (Lipinski definition) is 0. The summed E-state index contributed by atoms with van der Waals surface area (Å²) in [4.78, 5) is 21.9. The topological polar surface area (TPSA) is 36.4 Å². The van der Waals surface area contributed by atoms with Crippen molar-refractivity contribution in [3.63, 3.8) is 0 Å². The number of likely N-dealkylation sites (N-methyl/N-ethyl adjacent to an activating group) is 1. The van der Waals surface area contributed by atoms with Crippen LogP contribution in [0.1, 0.15) is 25.0 Å². The molecule has 30 heavy (non-hydrogen) atoms. The van der Waals surface area contributed by atoms with Crippen LogP contribution in [0.4, 0.5) is 5.13 Å². The maximum absolute atomic E-state index is 13.1. The van der Waals surface area contributed by atoms with E-state index in [0.29, 0.717) is 11.6 Å². The zero-order valence-electron chi connectivity index (χ0n) is 17.5. The molecule has 0 bridgehead atoms. The third-order valence-corrected chi connectivity index (χ3v) is 6.26. The van der Waals surface area contributed by atoms with Crippen molar-refractivity contribution in [2.24, 2.45) is 0 Å². The second kappa shape index (κ2) is 11.5. The van der Waals surface area contributed by atoms with E-state index in [1.54, 1.807) is 28.4 Å². The minimum atomic E-state index is -0.0900. The summed E-state index contributed by atoms with van der Waals surface area (Å²) in [5, 5.41) is 1.35. The zero-order chi connectivity index (χ0) is 20.8. The van der Waals surface area contributed by atoms with Gasteiger partial charge in [-0.2, -0.15) is 0 Å². The first kappa shape index (κ1) is 24.4. The minimum absolute atomic E-state index is 0. The molecule has 0 fully saturated rings. The number of amides is 1. The Hall–Kier alpha value is -1.92. The monoisotopic (exact) mass is 463 g/mol. The number of carbonyl (C=O) groups excluding carboxylic acids is 1. The Morgan fingerprint density at radius 2 is 1.87 bits per heavy atom. The highest BCUT2D eigenvalue weighted by molar-refractivity contribution is 7.22. The van der Waals surface area contributed by atoms with Gasteiger partial charge in [0.05, 0.1) is 10.2 Å². The van der Waals surface area contributed by atoms with Crippen LogP contribution in [-0.2, 0) is 4.79 Å². The first-order valence-corrected chi connectivity index (χ1v) is 11.0. The quantitative estimate of drug-likeness (QED) is 0.380. The number of anilines is 1. The molecule has 1 heterocycles. The van der Waals surface area contributed by atoms with E-state index in [-0.39, 0.29) is 18.3 Å². The first-order valence-electron chi connectivity index (χ1n) is 9.85. The van der Waals surface area contributed by atoms with Crippen LogP contribution < -0.4 is 4.90 Å². The van der Waals surface area contributed by atoms with Crippen molar-refractivity contribution in [2.75, 3.05) is 31.1 Å². The molecule has 2 aromatic carbocycles. The van der Waals surface area contributed by atoms with Crippen LogP contribution in [0.5, 0.6) is 0 Å². The number of hydrogen-bond acceptors (Lipinski definition) is 4. The van der Waals surface area contributed by atoms with E-state index in [1.165, 1.54) is 5.56 Å². The Morgan fingerprint density at radius 3 is 2.57 bits per heavy atom. The summed E-state index contributed by atoms with van der Waals surface area (Å²) in [6, 6.07) is 13.7. The van der Waals surface area contributed by atoms with E-state index >= 15 is 0 Å². The van der Waals surface area contributed by atoms with Gasteiger partial charge in [0.15, 0.2) is 5.13 Å². The molecule has 4 nitrogen and oxygen atoms in total. The standard InChI is InChI=1S/C23H26ClN3OS.ClH/c1-4-26(5-2)14-15-27(22(28)13-11-18-8-6-7-9-19(18)24)23-25-20-12-10-17(3)16-21(20)29-23;/h6-13,16H,4-5,14-15H2,1-3H3;1H. The number of benzene rings is 2. The van der Waals surface area contributed by atoms with E-state index in [4.69, 9.17) is 16.6 Å². The van der Waals surface area contributed by atoms with E-state index in [2.05, 4.69) is 31.7 Å². The molecule has 3 aromatic rings. The highest BCUT2D eigenvalue weighted by Crippen LogP contribution is 2.30. The molecule has 0 unspecified atom stereocenters. The number of aryl methyl sites for hydroxylation is 1. The fourth-order valence-corrected chi connectivity index (χ4v) is 4.37. The van der Waals surface area contributed by atoms with E-state index in [0.717, 1.165) is 40.5 Å². The van der Waals surface area contributed by atoms with Crippen LogP contribution in [0, 0.1) is 6.92 Å². The summed E-state index contributed by atoms with van der Waals surface area (Å²) in [5.41, 5.74) is 2.93. The number of thiazole rings is 1. The average Bonchev–Trinajstić information content (AvgIpc) is 3.13. The second-order valence-corrected chi connectivity index (χ2v) is 8.26. The number of halogens is 2. The third kappa shape index (κ3) is 6.05. The fraction of sp³-hybridized carbons (Fsp3) is 0.304. The normalized spacial score (nSPS) is 11.2. The van der Waals surface area contributed by atoms with Crippen LogP contribution in [0.15, 0.2) is 48.5 Å². The summed E-state index contributed by atoms with van der Waals surface area (Å²) in [5.74, 6) is -0.0900. The minimum Gasteiger partial charge on any atom is -0.302 e. The van der Waals surface area contributed by atoms with Crippen molar-refractivity contribution < 1.29 is 4.79 Å². The lowest BCUT2D eigenvalue weighted by Crippen LogP contribution is -2.38. The van der Waals surface area contributed by atoms with Gasteiger partial charge >= 0.3 is 0 Å².